The highest BCUT2D eigenvalue weighted by molar-refractivity contribution is 6.32. The van der Waals surface area contributed by atoms with Gasteiger partial charge in [0, 0.05) is 19.7 Å². The molecule has 1 heterocycles. The van der Waals surface area contributed by atoms with Crippen molar-refractivity contribution in [3.8, 4) is 17.6 Å². The summed E-state index contributed by atoms with van der Waals surface area (Å²) in [4.78, 5) is 24.7. The molecule has 24 heavy (non-hydrogen) atoms. The minimum absolute atomic E-state index is 0.103. The minimum Gasteiger partial charge on any atom is -0.454 e. The molecule has 1 aliphatic heterocycles. The molecule has 1 aromatic rings. The average molecular weight is 351 g/mol. The average Bonchev–Trinajstić information content (AvgIpc) is 3.04. The third kappa shape index (κ3) is 4.64. The van der Waals surface area contributed by atoms with E-state index >= 15 is 0 Å². The van der Waals surface area contributed by atoms with Crippen molar-refractivity contribution in [2.45, 2.75) is 6.42 Å². The number of fused-ring (bicyclic) bond motifs is 1. The summed E-state index contributed by atoms with van der Waals surface area (Å²) >= 11 is 6.04. The first-order chi connectivity index (χ1) is 11.5. The third-order valence-corrected chi connectivity index (χ3v) is 3.46. The fraction of sp³-hybridized carbons (Fsp3) is 0.312. The van der Waals surface area contributed by atoms with Crippen LogP contribution in [-0.4, -0.2) is 43.8 Å². The Morgan fingerprint density at radius 3 is 3.00 bits per heavy atom. The number of nitriles is 1. The molecule has 0 saturated carbocycles. The number of nitrogens with zero attached hydrogens (tertiary/aromatic N) is 2. The Hall–Kier alpha value is -2.72. The number of hydrogen-bond acceptors (Lipinski definition) is 6. The van der Waals surface area contributed by atoms with Gasteiger partial charge in [-0.25, -0.2) is 4.79 Å². The summed E-state index contributed by atoms with van der Waals surface area (Å²) in [6.07, 6.45) is 2.91. The maximum atomic E-state index is 11.7. The highest BCUT2D eigenvalue weighted by Crippen LogP contribution is 2.40. The normalized spacial score (nSPS) is 12.0. The van der Waals surface area contributed by atoms with E-state index < -0.39 is 5.97 Å². The number of esters is 1. The first kappa shape index (κ1) is 17.6. The van der Waals surface area contributed by atoms with Gasteiger partial charge in [-0.3, -0.25) is 4.79 Å². The van der Waals surface area contributed by atoms with Crippen molar-refractivity contribution in [3.63, 3.8) is 0 Å². The molecule has 1 aliphatic rings. The van der Waals surface area contributed by atoms with Gasteiger partial charge in [-0.1, -0.05) is 11.6 Å². The summed E-state index contributed by atoms with van der Waals surface area (Å²) in [5.41, 5.74) is 0.638. The number of carbonyl (C=O) groups is 2. The zero-order valence-electron chi connectivity index (χ0n) is 13.0. The zero-order valence-corrected chi connectivity index (χ0v) is 13.7. The summed E-state index contributed by atoms with van der Waals surface area (Å²) in [7, 11) is 1.54. The molecule has 0 aromatic heterocycles. The maximum absolute atomic E-state index is 11.7. The number of hydrogen-bond donors (Lipinski definition) is 0. The number of ether oxygens (including phenoxy) is 3. The number of halogens is 1. The van der Waals surface area contributed by atoms with Gasteiger partial charge in [0.05, 0.1) is 17.5 Å². The Balaban J connectivity index is 1.86. The first-order valence-electron chi connectivity index (χ1n) is 7.06. The monoisotopic (exact) mass is 350 g/mol. The lowest BCUT2D eigenvalue weighted by Crippen LogP contribution is -2.31. The molecule has 0 fully saturated rings. The molecule has 0 bridgehead atoms. The molecule has 0 N–H and O–H groups in total. The van der Waals surface area contributed by atoms with Gasteiger partial charge in [-0.2, -0.15) is 5.26 Å². The van der Waals surface area contributed by atoms with Gasteiger partial charge in [0.15, 0.2) is 18.1 Å². The van der Waals surface area contributed by atoms with E-state index in [0.29, 0.717) is 28.6 Å². The molecule has 0 unspecified atom stereocenters. The SMILES string of the molecule is CN(CCC#N)C(=O)COC(=O)/C=C/c1cc(Cl)c2c(c1)OCO2. The zero-order chi connectivity index (χ0) is 17.5. The molecule has 7 nitrogen and oxygen atoms in total. The van der Waals surface area contributed by atoms with Crippen molar-refractivity contribution in [2.75, 3.05) is 27.0 Å². The van der Waals surface area contributed by atoms with Crippen molar-refractivity contribution in [3.05, 3.63) is 28.8 Å². The van der Waals surface area contributed by atoms with Crippen LogP contribution in [0.2, 0.25) is 5.02 Å². The lowest BCUT2D eigenvalue weighted by Gasteiger charge is -2.14. The van der Waals surface area contributed by atoms with Gasteiger partial charge in [0.25, 0.3) is 5.91 Å². The van der Waals surface area contributed by atoms with Crippen LogP contribution in [0.25, 0.3) is 6.08 Å². The molecule has 0 radical (unpaired) electrons. The molecule has 0 aliphatic carbocycles. The fourth-order valence-corrected chi connectivity index (χ4v) is 2.16. The van der Waals surface area contributed by atoms with Crippen LogP contribution in [0.15, 0.2) is 18.2 Å². The van der Waals surface area contributed by atoms with Crippen LogP contribution in [-0.2, 0) is 14.3 Å². The summed E-state index contributed by atoms with van der Waals surface area (Å²) < 4.78 is 15.3. The molecule has 1 amide bonds. The van der Waals surface area contributed by atoms with Gasteiger partial charge in [-0.15, -0.1) is 0 Å². The highest BCUT2D eigenvalue weighted by Gasteiger charge is 2.17. The molecule has 1 aromatic carbocycles. The fourth-order valence-electron chi connectivity index (χ4n) is 1.88. The molecule has 8 heteroatoms. The Morgan fingerprint density at radius 2 is 2.25 bits per heavy atom. The molecule has 0 spiro atoms. The number of rotatable bonds is 6. The van der Waals surface area contributed by atoms with E-state index in [4.69, 9.17) is 31.1 Å². The largest absolute Gasteiger partial charge is 0.454 e. The minimum atomic E-state index is -0.661. The molecular formula is C16H15ClN2O5. The highest BCUT2D eigenvalue weighted by atomic mass is 35.5. The Morgan fingerprint density at radius 1 is 1.46 bits per heavy atom. The van der Waals surface area contributed by atoms with Crippen LogP contribution in [0, 0.1) is 11.3 Å². The number of likely N-dealkylation sites (N-methyl/N-ethyl adjacent to an activating group) is 1. The number of carbonyl (C=O) groups excluding carboxylic acids is 2. The topological polar surface area (TPSA) is 88.9 Å². The Bertz CT molecular complexity index is 711. The smallest absolute Gasteiger partial charge is 0.331 e. The van der Waals surface area contributed by atoms with Crippen molar-refractivity contribution in [2.24, 2.45) is 0 Å². The van der Waals surface area contributed by atoms with Crippen LogP contribution in [0.3, 0.4) is 0 Å². The van der Waals surface area contributed by atoms with Crippen LogP contribution in [0.1, 0.15) is 12.0 Å². The number of benzene rings is 1. The van der Waals surface area contributed by atoms with E-state index in [1.807, 2.05) is 6.07 Å². The second kappa shape index (κ2) is 8.22. The predicted molar refractivity (Wildman–Crippen MR) is 85.4 cm³/mol. The molecule has 126 valence electrons. The second-order valence-corrected chi connectivity index (χ2v) is 5.31. The number of amides is 1. The summed E-state index contributed by atoms with van der Waals surface area (Å²) in [6.45, 7) is 0.0110. The first-order valence-corrected chi connectivity index (χ1v) is 7.44. The van der Waals surface area contributed by atoms with Crippen LogP contribution >= 0.6 is 11.6 Å². The lowest BCUT2D eigenvalue weighted by molar-refractivity contribution is -0.147. The van der Waals surface area contributed by atoms with Gasteiger partial charge in [0.2, 0.25) is 6.79 Å². The summed E-state index contributed by atoms with van der Waals surface area (Å²) in [5, 5.41) is 8.84. The van der Waals surface area contributed by atoms with E-state index in [1.165, 1.54) is 24.1 Å². The summed E-state index contributed by atoms with van der Waals surface area (Å²) in [6, 6.07) is 5.24. The van der Waals surface area contributed by atoms with E-state index in [-0.39, 0.29) is 25.7 Å². The Kier molecular flexibility index (Phi) is 6.04. The van der Waals surface area contributed by atoms with Crippen LogP contribution in [0.4, 0.5) is 0 Å². The molecular weight excluding hydrogens is 336 g/mol. The molecule has 2 rings (SSSR count). The van der Waals surface area contributed by atoms with Crippen LogP contribution in [0.5, 0.6) is 11.5 Å². The van der Waals surface area contributed by atoms with Crippen molar-refractivity contribution in [1.82, 2.24) is 4.90 Å². The van der Waals surface area contributed by atoms with Gasteiger partial charge in [0.1, 0.15) is 0 Å². The molecule has 0 saturated heterocycles. The molecule has 0 atom stereocenters. The van der Waals surface area contributed by atoms with Gasteiger partial charge < -0.3 is 19.1 Å². The third-order valence-electron chi connectivity index (χ3n) is 3.18. The van der Waals surface area contributed by atoms with E-state index in [2.05, 4.69) is 0 Å². The predicted octanol–water partition coefficient (Wildman–Crippen LogP) is 2.00. The van der Waals surface area contributed by atoms with Crippen molar-refractivity contribution >= 4 is 29.6 Å². The second-order valence-electron chi connectivity index (χ2n) is 4.90. The van der Waals surface area contributed by atoms with Crippen LogP contribution < -0.4 is 9.47 Å². The van der Waals surface area contributed by atoms with E-state index in [0.717, 1.165) is 0 Å². The van der Waals surface area contributed by atoms with Gasteiger partial charge >= 0.3 is 5.97 Å². The Labute approximate surface area is 144 Å². The maximum Gasteiger partial charge on any atom is 0.331 e. The lowest BCUT2D eigenvalue weighted by atomic mass is 10.2. The van der Waals surface area contributed by atoms with E-state index in [1.54, 1.807) is 12.1 Å². The quantitative estimate of drug-likeness (QED) is 0.576. The summed E-state index contributed by atoms with van der Waals surface area (Å²) in [5.74, 6) is -0.0591. The van der Waals surface area contributed by atoms with E-state index in [9.17, 15) is 9.59 Å². The van der Waals surface area contributed by atoms with Gasteiger partial charge in [-0.05, 0) is 23.8 Å². The van der Waals surface area contributed by atoms with Crippen molar-refractivity contribution < 1.29 is 23.8 Å². The standard InChI is InChI=1S/C16H15ClN2O5/c1-19(6-2-5-18)14(20)9-22-15(21)4-3-11-7-12(17)16-13(8-11)23-10-24-16/h3-4,7-8H,2,6,9-10H2,1H3/b4-3+. The van der Waals surface area contributed by atoms with Crippen molar-refractivity contribution in [1.29, 1.82) is 5.26 Å².